The lowest BCUT2D eigenvalue weighted by Crippen LogP contribution is -2.65. The molecule has 0 amide bonds. The van der Waals surface area contributed by atoms with Crippen LogP contribution in [0.4, 0.5) is 0 Å². The van der Waals surface area contributed by atoms with Crippen molar-refractivity contribution in [3.05, 3.63) is 0 Å². The Morgan fingerprint density at radius 1 is 1.36 bits per heavy atom. The highest BCUT2D eigenvalue weighted by Crippen LogP contribution is 2.29. The number of nitrogens with two attached hydrogens (primary N) is 2. The van der Waals surface area contributed by atoms with E-state index in [1.165, 1.54) is 0 Å². The van der Waals surface area contributed by atoms with E-state index in [2.05, 4.69) is 0 Å². The van der Waals surface area contributed by atoms with Gasteiger partial charge in [-0.1, -0.05) is 13.8 Å². The van der Waals surface area contributed by atoms with Crippen LogP contribution < -0.4 is 11.5 Å². The van der Waals surface area contributed by atoms with E-state index < -0.39 is 67.3 Å². The summed E-state index contributed by atoms with van der Waals surface area (Å²) in [6.45, 7) is 2.73. The van der Waals surface area contributed by atoms with Gasteiger partial charge in [-0.3, -0.25) is 4.79 Å². The molecule has 0 saturated carbocycles. The average molecular weight is 366 g/mol. The van der Waals surface area contributed by atoms with Crippen molar-refractivity contribution in [2.75, 3.05) is 6.61 Å². The topological polar surface area (TPSA) is 206 Å². The molecular weight excluding hydrogens is 340 g/mol. The third-order valence-electron chi connectivity index (χ3n) is 4.09. The molecular formula is C14H26N2O9. The molecule has 6 unspecified atom stereocenters. The van der Waals surface area contributed by atoms with Gasteiger partial charge in [-0.25, -0.2) is 4.79 Å². The van der Waals surface area contributed by atoms with Crippen LogP contribution in [-0.2, 0) is 19.1 Å². The molecule has 11 heteroatoms. The highest BCUT2D eigenvalue weighted by atomic mass is 16.7. The van der Waals surface area contributed by atoms with Crippen LogP contribution >= 0.6 is 0 Å². The van der Waals surface area contributed by atoms with E-state index in [0.29, 0.717) is 0 Å². The first-order valence-corrected chi connectivity index (χ1v) is 7.76. The molecule has 0 aromatic carbocycles. The van der Waals surface area contributed by atoms with Crippen molar-refractivity contribution in [3.63, 3.8) is 0 Å². The summed E-state index contributed by atoms with van der Waals surface area (Å²) in [7, 11) is 0. The smallest absolute Gasteiger partial charge is 0.364 e. The van der Waals surface area contributed by atoms with Crippen molar-refractivity contribution in [1.29, 1.82) is 0 Å². The van der Waals surface area contributed by atoms with Crippen molar-refractivity contribution in [1.82, 2.24) is 0 Å². The van der Waals surface area contributed by atoms with Gasteiger partial charge < -0.3 is 46.5 Å². The predicted molar refractivity (Wildman–Crippen MR) is 81.8 cm³/mol. The number of carbonyl (C=O) groups excluding carboxylic acids is 1. The molecule has 9 N–H and O–H groups in total. The number of hydrogen-bond acceptors (Lipinski definition) is 10. The lowest BCUT2D eigenvalue weighted by molar-refractivity contribution is -0.292. The van der Waals surface area contributed by atoms with Crippen LogP contribution in [-0.4, -0.2) is 86.4 Å². The molecule has 1 saturated heterocycles. The van der Waals surface area contributed by atoms with Crippen LogP contribution in [0.3, 0.4) is 0 Å². The van der Waals surface area contributed by atoms with Crippen molar-refractivity contribution in [2.45, 2.75) is 62.6 Å². The summed E-state index contributed by atoms with van der Waals surface area (Å²) in [4.78, 5) is 22.7. The molecule has 1 heterocycles. The maximum atomic E-state index is 11.6. The van der Waals surface area contributed by atoms with Crippen molar-refractivity contribution in [2.24, 2.45) is 17.4 Å². The zero-order valence-electron chi connectivity index (χ0n) is 14.0. The van der Waals surface area contributed by atoms with Crippen LogP contribution in [0.5, 0.6) is 0 Å². The Labute approximate surface area is 144 Å². The molecule has 7 atom stereocenters. The van der Waals surface area contributed by atoms with Crippen LogP contribution in [0.25, 0.3) is 0 Å². The molecule has 1 aliphatic rings. The van der Waals surface area contributed by atoms with Gasteiger partial charge in [0.2, 0.25) is 0 Å². The number of aliphatic hydroxyl groups is 4. The second kappa shape index (κ2) is 8.36. The van der Waals surface area contributed by atoms with E-state index in [-0.39, 0.29) is 5.92 Å². The first-order valence-electron chi connectivity index (χ1n) is 7.76. The maximum absolute atomic E-state index is 11.6. The Balaban J connectivity index is 2.74. The number of carboxylic acid groups (broad SMARTS) is 1. The van der Waals surface area contributed by atoms with Gasteiger partial charge >= 0.3 is 11.9 Å². The lowest BCUT2D eigenvalue weighted by Gasteiger charge is -2.43. The summed E-state index contributed by atoms with van der Waals surface area (Å²) in [5, 5.41) is 48.7. The van der Waals surface area contributed by atoms with Gasteiger partial charge in [-0.15, -0.1) is 0 Å². The maximum Gasteiger partial charge on any atom is 0.364 e. The van der Waals surface area contributed by atoms with E-state index in [9.17, 15) is 30.0 Å². The molecule has 0 bridgehead atoms. The Hall–Kier alpha value is -1.34. The van der Waals surface area contributed by atoms with Gasteiger partial charge in [0.1, 0.15) is 31.0 Å². The quantitative estimate of drug-likeness (QED) is 0.220. The molecule has 0 aliphatic carbocycles. The molecule has 0 spiro atoms. The molecule has 0 aromatic rings. The zero-order valence-corrected chi connectivity index (χ0v) is 14.0. The first kappa shape index (κ1) is 21.7. The fraction of sp³-hybridized carbons (Fsp3) is 0.857. The SMILES string of the molecule is CC(C)[C@H](N)C(=O)OCC(O)C(O)C1OC(O)(C(=O)O)CC(O)C1N. The Morgan fingerprint density at radius 3 is 2.40 bits per heavy atom. The first-order chi connectivity index (χ1) is 11.4. The number of aliphatic carboxylic acids is 1. The van der Waals surface area contributed by atoms with Crippen LogP contribution in [0.15, 0.2) is 0 Å². The molecule has 1 rings (SSSR count). The monoisotopic (exact) mass is 366 g/mol. The number of carbonyl (C=O) groups is 2. The standard InChI is InChI=1S/C14H26N2O9/c1-5(2)8(15)12(20)24-4-7(18)10(19)11-9(16)6(17)3-14(23,25-11)13(21)22/h5-11,17-19,23H,3-4,15-16H2,1-2H3,(H,21,22)/t6?,7?,8-,9?,10?,11?,14?/m0/s1. The van der Waals surface area contributed by atoms with Gasteiger partial charge in [-0.05, 0) is 5.92 Å². The summed E-state index contributed by atoms with van der Waals surface area (Å²) in [5.74, 6) is -5.54. The zero-order chi connectivity index (χ0) is 19.5. The van der Waals surface area contributed by atoms with Crippen LogP contribution in [0.1, 0.15) is 20.3 Å². The number of ether oxygens (including phenoxy) is 2. The van der Waals surface area contributed by atoms with Gasteiger partial charge in [0, 0.05) is 6.42 Å². The summed E-state index contributed by atoms with van der Waals surface area (Å²) in [6.07, 6.45) is -7.36. The van der Waals surface area contributed by atoms with E-state index in [1.54, 1.807) is 13.8 Å². The van der Waals surface area contributed by atoms with Gasteiger partial charge in [0.15, 0.2) is 0 Å². The van der Waals surface area contributed by atoms with Gasteiger partial charge in [0.05, 0.1) is 12.1 Å². The Bertz CT molecular complexity index is 489. The highest BCUT2D eigenvalue weighted by Gasteiger charge is 2.52. The summed E-state index contributed by atoms with van der Waals surface area (Å²) in [6, 6.07) is -2.20. The molecule has 0 aromatic heterocycles. The highest BCUT2D eigenvalue weighted by molar-refractivity contribution is 5.76. The summed E-state index contributed by atoms with van der Waals surface area (Å²) in [5.41, 5.74) is 11.2. The van der Waals surface area contributed by atoms with E-state index in [4.69, 9.17) is 26.0 Å². The number of aliphatic hydroxyl groups excluding tert-OH is 3. The number of hydrogen-bond donors (Lipinski definition) is 7. The van der Waals surface area contributed by atoms with Crippen molar-refractivity contribution >= 4 is 11.9 Å². The van der Waals surface area contributed by atoms with Crippen molar-refractivity contribution in [3.8, 4) is 0 Å². The minimum Gasteiger partial charge on any atom is -0.477 e. The molecule has 11 nitrogen and oxygen atoms in total. The van der Waals surface area contributed by atoms with E-state index in [1.807, 2.05) is 0 Å². The van der Waals surface area contributed by atoms with Crippen molar-refractivity contribution < 1.29 is 44.6 Å². The number of carboxylic acids is 1. The number of esters is 1. The molecule has 146 valence electrons. The summed E-state index contributed by atoms with van der Waals surface area (Å²) < 4.78 is 9.68. The molecule has 0 radical (unpaired) electrons. The van der Waals surface area contributed by atoms with Crippen LogP contribution in [0, 0.1) is 5.92 Å². The van der Waals surface area contributed by atoms with Crippen LogP contribution in [0.2, 0.25) is 0 Å². The van der Waals surface area contributed by atoms with E-state index in [0.717, 1.165) is 0 Å². The third kappa shape index (κ3) is 5.07. The second-order valence-corrected chi connectivity index (χ2v) is 6.48. The Morgan fingerprint density at radius 2 is 1.92 bits per heavy atom. The normalized spacial score (nSPS) is 33.6. The number of rotatable bonds is 7. The molecule has 1 aliphatic heterocycles. The minimum absolute atomic E-state index is 0.203. The largest absolute Gasteiger partial charge is 0.477 e. The third-order valence-corrected chi connectivity index (χ3v) is 4.09. The summed E-state index contributed by atoms with van der Waals surface area (Å²) >= 11 is 0. The fourth-order valence-electron chi connectivity index (χ4n) is 2.28. The van der Waals surface area contributed by atoms with Gasteiger partial charge in [-0.2, -0.15) is 0 Å². The minimum atomic E-state index is -2.77. The predicted octanol–water partition coefficient (Wildman–Crippen LogP) is -3.51. The van der Waals surface area contributed by atoms with Gasteiger partial charge in [0.25, 0.3) is 5.79 Å². The Kier molecular flexibility index (Phi) is 7.26. The lowest BCUT2D eigenvalue weighted by atomic mass is 9.89. The fourth-order valence-corrected chi connectivity index (χ4v) is 2.28. The second-order valence-electron chi connectivity index (χ2n) is 6.48. The van der Waals surface area contributed by atoms with E-state index >= 15 is 0 Å². The average Bonchev–Trinajstić information content (AvgIpc) is 2.53. The molecule has 25 heavy (non-hydrogen) atoms. The molecule has 1 fully saturated rings.